The molecule has 17 heavy (non-hydrogen) atoms. The zero-order valence-electron chi connectivity index (χ0n) is 9.37. The predicted octanol–water partition coefficient (Wildman–Crippen LogP) is 0.505. The summed E-state index contributed by atoms with van der Waals surface area (Å²) in [7, 11) is 0. The normalized spacial score (nSPS) is 23.4. The van der Waals surface area contributed by atoms with E-state index in [1.807, 2.05) is 17.9 Å². The van der Waals surface area contributed by atoms with Crippen molar-refractivity contribution >= 4 is 11.8 Å². The van der Waals surface area contributed by atoms with Crippen molar-refractivity contribution in [1.29, 1.82) is 5.26 Å². The molecular weight excluding hydrogens is 220 g/mol. The predicted molar refractivity (Wildman–Crippen MR) is 59.2 cm³/mol. The van der Waals surface area contributed by atoms with E-state index in [4.69, 9.17) is 10.4 Å². The fourth-order valence-corrected chi connectivity index (χ4v) is 2.02. The molecule has 0 aromatic carbocycles. The first-order chi connectivity index (χ1) is 8.11. The minimum absolute atomic E-state index is 0.0879. The minimum atomic E-state index is -0.776. The van der Waals surface area contributed by atoms with E-state index in [0.717, 1.165) is 0 Å². The SMILES string of the molecule is CC1CN(c2cnc(C#N)cn2)CC1C(=O)O. The monoisotopic (exact) mass is 232 g/mol. The molecule has 1 aromatic rings. The number of aromatic nitrogens is 2. The van der Waals surface area contributed by atoms with Crippen LogP contribution >= 0.6 is 0 Å². The van der Waals surface area contributed by atoms with Gasteiger partial charge in [0, 0.05) is 13.1 Å². The van der Waals surface area contributed by atoms with Crippen molar-refractivity contribution in [3.05, 3.63) is 18.1 Å². The number of carboxylic acids is 1. The third-order valence-electron chi connectivity index (χ3n) is 3.01. The number of nitrogens with zero attached hydrogens (tertiary/aromatic N) is 4. The van der Waals surface area contributed by atoms with Crippen LogP contribution in [-0.2, 0) is 4.79 Å². The van der Waals surface area contributed by atoms with Crippen molar-refractivity contribution in [2.75, 3.05) is 18.0 Å². The Bertz CT molecular complexity index is 465. The summed E-state index contributed by atoms with van der Waals surface area (Å²) in [5, 5.41) is 17.6. The van der Waals surface area contributed by atoms with Gasteiger partial charge in [-0.3, -0.25) is 4.79 Å². The third-order valence-corrected chi connectivity index (χ3v) is 3.01. The highest BCUT2D eigenvalue weighted by molar-refractivity contribution is 5.72. The molecule has 2 heterocycles. The largest absolute Gasteiger partial charge is 0.481 e. The molecule has 0 saturated carbocycles. The minimum Gasteiger partial charge on any atom is -0.481 e. The summed E-state index contributed by atoms with van der Waals surface area (Å²) in [6.45, 7) is 3.00. The van der Waals surface area contributed by atoms with E-state index in [1.54, 1.807) is 0 Å². The Balaban J connectivity index is 2.14. The summed E-state index contributed by atoms with van der Waals surface area (Å²) in [6.07, 6.45) is 2.91. The highest BCUT2D eigenvalue weighted by Crippen LogP contribution is 2.26. The molecule has 1 aromatic heterocycles. The van der Waals surface area contributed by atoms with E-state index in [-0.39, 0.29) is 17.5 Å². The van der Waals surface area contributed by atoms with Gasteiger partial charge in [-0.05, 0) is 5.92 Å². The van der Waals surface area contributed by atoms with Gasteiger partial charge in [0.2, 0.25) is 0 Å². The number of carboxylic acid groups (broad SMARTS) is 1. The van der Waals surface area contributed by atoms with Crippen LogP contribution in [-0.4, -0.2) is 34.1 Å². The van der Waals surface area contributed by atoms with Crippen LogP contribution in [0.15, 0.2) is 12.4 Å². The standard InChI is InChI=1S/C11H12N4O2/c1-7-5-15(6-9(7)11(16)17)10-4-13-8(2-12)3-14-10/h3-4,7,9H,5-6H2,1H3,(H,16,17). The number of hydrogen-bond acceptors (Lipinski definition) is 5. The number of rotatable bonds is 2. The van der Waals surface area contributed by atoms with Crippen LogP contribution in [0.3, 0.4) is 0 Å². The average molecular weight is 232 g/mol. The Morgan fingerprint density at radius 2 is 2.29 bits per heavy atom. The van der Waals surface area contributed by atoms with Gasteiger partial charge in [0.15, 0.2) is 5.69 Å². The van der Waals surface area contributed by atoms with Crippen LogP contribution in [0.1, 0.15) is 12.6 Å². The van der Waals surface area contributed by atoms with E-state index in [0.29, 0.717) is 18.9 Å². The number of nitriles is 1. The molecule has 2 rings (SSSR count). The topological polar surface area (TPSA) is 90.1 Å². The number of hydrogen-bond donors (Lipinski definition) is 1. The lowest BCUT2D eigenvalue weighted by atomic mass is 9.99. The first-order valence-electron chi connectivity index (χ1n) is 5.31. The van der Waals surface area contributed by atoms with Crippen molar-refractivity contribution in [3.8, 4) is 6.07 Å². The van der Waals surface area contributed by atoms with E-state index in [1.165, 1.54) is 12.4 Å². The quantitative estimate of drug-likeness (QED) is 0.798. The first-order valence-corrected chi connectivity index (χ1v) is 5.31. The lowest BCUT2D eigenvalue weighted by Gasteiger charge is -2.15. The maximum atomic E-state index is 11.0. The Morgan fingerprint density at radius 3 is 2.76 bits per heavy atom. The molecule has 1 aliphatic heterocycles. The molecule has 1 aliphatic rings. The van der Waals surface area contributed by atoms with Gasteiger partial charge in [0.05, 0.1) is 18.3 Å². The van der Waals surface area contributed by atoms with Crippen LogP contribution < -0.4 is 4.90 Å². The molecule has 6 heteroatoms. The zero-order valence-corrected chi connectivity index (χ0v) is 9.37. The smallest absolute Gasteiger partial charge is 0.308 e. The summed E-state index contributed by atoms with van der Waals surface area (Å²) >= 11 is 0. The van der Waals surface area contributed by atoms with Crippen molar-refractivity contribution in [3.63, 3.8) is 0 Å². The van der Waals surface area contributed by atoms with E-state index < -0.39 is 5.97 Å². The molecule has 0 aliphatic carbocycles. The van der Waals surface area contributed by atoms with Gasteiger partial charge in [-0.1, -0.05) is 6.92 Å². The van der Waals surface area contributed by atoms with E-state index >= 15 is 0 Å². The molecule has 2 atom stereocenters. The van der Waals surface area contributed by atoms with Gasteiger partial charge in [0.25, 0.3) is 0 Å². The van der Waals surface area contributed by atoms with Gasteiger partial charge in [-0.15, -0.1) is 0 Å². The molecule has 1 fully saturated rings. The molecule has 6 nitrogen and oxygen atoms in total. The third kappa shape index (κ3) is 2.18. The molecule has 0 amide bonds. The summed E-state index contributed by atoms with van der Waals surface area (Å²) in [4.78, 5) is 20.9. The molecule has 0 radical (unpaired) electrons. The fourth-order valence-electron chi connectivity index (χ4n) is 2.02. The Hall–Kier alpha value is -2.16. The fraction of sp³-hybridized carbons (Fsp3) is 0.455. The van der Waals surface area contributed by atoms with Crippen LogP contribution in [0.2, 0.25) is 0 Å². The molecule has 2 unspecified atom stereocenters. The maximum Gasteiger partial charge on any atom is 0.308 e. The average Bonchev–Trinajstić information content (AvgIpc) is 2.71. The lowest BCUT2D eigenvalue weighted by molar-refractivity contribution is -0.142. The molecule has 1 N–H and O–H groups in total. The Labute approximate surface area is 98.5 Å². The van der Waals surface area contributed by atoms with Crippen molar-refractivity contribution in [2.24, 2.45) is 11.8 Å². The second-order valence-electron chi connectivity index (χ2n) is 4.20. The highest BCUT2D eigenvalue weighted by Gasteiger charge is 2.35. The van der Waals surface area contributed by atoms with Gasteiger partial charge >= 0.3 is 5.97 Å². The maximum absolute atomic E-state index is 11.0. The van der Waals surface area contributed by atoms with Crippen molar-refractivity contribution in [2.45, 2.75) is 6.92 Å². The van der Waals surface area contributed by atoms with Gasteiger partial charge in [0.1, 0.15) is 11.9 Å². The highest BCUT2D eigenvalue weighted by atomic mass is 16.4. The van der Waals surface area contributed by atoms with Crippen LogP contribution in [0.5, 0.6) is 0 Å². The van der Waals surface area contributed by atoms with Gasteiger partial charge in [-0.2, -0.15) is 5.26 Å². The van der Waals surface area contributed by atoms with Crippen LogP contribution in [0.4, 0.5) is 5.82 Å². The van der Waals surface area contributed by atoms with E-state index in [2.05, 4.69) is 9.97 Å². The number of carbonyl (C=O) groups is 1. The summed E-state index contributed by atoms with van der Waals surface area (Å²) in [5.41, 5.74) is 0.260. The summed E-state index contributed by atoms with van der Waals surface area (Å²) in [5.74, 6) is -0.432. The van der Waals surface area contributed by atoms with Crippen molar-refractivity contribution in [1.82, 2.24) is 9.97 Å². The lowest BCUT2D eigenvalue weighted by Crippen LogP contribution is -2.23. The Morgan fingerprint density at radius 1 is 1.53 bits per heavy atom. The molecule has 0 spiro atoms. The Kier molecular flexibility index (Phi) is 2.91. The number of anilines is 1. The molecule has 1 saturated heterocycles. The summed E-state index contributed by atoms with van der Waals surface area (Å²) in [6, 6.07) is 1.89. The molecule has 0 bridgehead atoms. The van der Waals surface area contributed by atoms with Crippen LogP contribution in [0.25, 0.3) is 0 Å². The number of aliphatic carboxylic acids is 1. The second kappa shape index (κ2) is 4.37. The van der Waals surface area contributed by atoms with Gasteiger partial charge < -0.3 is 10.0 Å². The zero-order chi connectivity index (χ0) is 12.4. The van der Waals surface area contributed by atoms with Crippen LogP contribution in [0, 0.1) is 23.2 Å². The molecular formula is C11H12N4O2. The van der Waals surface area contributed by atoms with E-state index in [9.17, 15) is 4.79 Å². The summed E-state index contributed by atoms with van der Waals surface area (Å²) < 4.78 is 0. The van der Waals surface area contributed by atoms with Gasteiger partial charge in [-0.25, -0.2) is 9.97 Å². The second-order valence-corrected chi connectivity index (χ2v) is 4.20. The van der Waals surface area contributed by atoms with Crippen molar-refractivity contribution < 1.29 is 9.90 Å². The first kappa shape index (κ1) is 11.3. The molecule has 88 valence electrons.